The molecule has 1 fully saturated rings. The molecule has 3 heterocycles. The molecule has 0 amide bonds. The maximum absolute atomic E-state index is 5.58. The third kappa shape index (κ3) is 2.67. The molecule has 3 N–H and O–H groups in total. The summed E-state index contributed by atoms with van der Waals surface area (Å²) in [6, 6.07) is 0.370. The van der Waals surface area contributed by atoms with E-state index >= 15 is 0 Å². The zero-order chi connectivity index (χ0) is 13.9. The molecule has 0 spiro atoms. The molecule has 2 unspecified atom stereocenters. The number of aromatic amines is 1. The minimum Gasteiger partial charge on any atom is -0.378 e. The van der Waals surface area contributed by atoms with Gasteiger partial charge in [0.2, 0.25) is 5.95 Å². The number of nitrogens with zero attached hydrogens (tertiary/aromatic N) is 3. The lowest BCUT2D eigenvalue weighted by Crippen LogP contribution is -2.32. The van der Waals surface area contributed by atoms with Crippen LogP contribution in [-0.4, -0.2) is 45.2 Å². The third-order valence-corrected chi connectivity index (χ3v) is 3.45. The monoisotopic (exact) mass is 276 g/mol. The van der Waals surface area contributed by atoms with Crippen LogP contribution in [0.5, 0.6) is 0 Å². The summed E-state index contributed by atoms with van der Waals surface area (Å²) in [5.74, 6) is 1.41. The molecule has 2 aromatic rings. The quantitative estimate of drug-likeness (QED) is 0.788. The van der Waals surface area contributed by atoms with Crippen LogP contribution in [0.25, 0.3) is 11.2 Å². The predicted octanol–water partition coefficient (Wildman–Crippen LogP) is 1.76. The van der Waals surface area contributed by atoms with Crippen molar-refractivity contribution in [2.45, 2.75) is 38.8 Å². The van der Waals surface area contributed by atoms with Crippen LogP contribution in [0, 0.1) is 0 Å². The van der Waals surface area contributed by atoms with Crippen LogP contribution in [-0.2, 0) is 4.74 Å². The first kappa shape index (κ1) is 13.1. The van der Waals surface area contributed by atoms with Crippen LogP contribution in [0.3, 0.4) is 0 Å². The molecule has 0 aromatic carbocycles. The van der Waals surface area contributed by atoms with Gasteiger partial charge in [0.15, 0.2) is 11.5 Å². The molecule has 0 bridgehead atoms. The van der Waals surface area contributed by atoms with E-state index in [9.17, 15) is 0 Å². The van der Waals surface area contributed by atoms with Crippen LogP contribution < -0.4 is 10.6 Å². The Balaban J connectivity index is 1.86. The molecular weight excluding hydrogens is 256 g/mol. The van der Waals surface area contributed by atoms with Crippen molar-refractivity contribution in [3.05, 3.63) is 6.33 Å². The van der Waals surface area contributed by atoms with Crippen LogP contribution >= 0.6 is 0 Å². The molecule has 1 aliphatic rings. The number of anilines is 2. The summed E-state index contributed by atoms with van der Waals surface area (Å²) in [5, 5.41) is 6.63. The highest BCUT2D eigenvalue weighted by Gasteiger charge is 2.21. The Bertz CT molecular complexity index is 583. The molecule has 1 saturated heterocycles. The molecule has 1 aliphatic heterocycles. The fourth-order valence-corrected chi connectivity index (χ4v) is 2.50. The largest absolute Gasteiger partial charge is 0.378 e. The molecule has 2 aromatic heterocycles. The second-order valence-electron chi connectivity index (χ2n) is 5.07. The maximum Gasteiger partial charge on any atom is 0.226 e. The molecule has 0 aliphatic carbocycles. The number of rotatable bonds is 4. The second-order valence-corrected chi connectivity index (χ2v) is 5.07. The molecule has 7 nitrogen and oxygen atoms in total. The average molecular weight is 276 g/mol. The lowest BCUT2D eigenvalue weighted by Gasteiger charge is -2.28. The van der Waals surface area contributed by atoms with E-state index in [1.165, 1.54) is 0 Å². The molecule has 0 radical (unpaired) electrons. The zero-order valence-electron chi connectivity index (χ0n) is 11.8. The van der Waals surface area contributed by atoms with Gasteiger partial charge in [0.25, 0.3) is 0 Å². The summed E-state index contributed by atoms with van der Waals surface area (Å²) in [5.41, 5.74) is 1.53. The molecule has 7 heteroatoms. The van der Waals surface area contributed by atoms with E-state index in [4.69, 9.17) is 4.74 Å². The fourth-order valence-electron chi connectivity index (χ4n) is 2.50. The first-order valence-corrected chi connectivity index (χ1v) is 7.09. The van der Waals surface area contributed by atoms with Gasteiger partial charge >= 0.3 is 0 Å². The molecule has 108 valence electrons. The highest BCUT2D eigenvalue weighted by molar-refractivity contribution is 5.83. The number of H-pyrrole nitrogens is 1. The van der Waals surface area contributed by atoms with E-state index in [-0.39, 0.29) is 6.10 Å². The molecule has 20 heavy (non-hydrogen) atoms. The number of fused-ring (bicyclic) bond motifs is 1. The van der Waals surface area contributed by atoms with Gasteiger partial charge in [-0.2, -0.15) is 9.97 Å². The van der Waals surface area contributed by atoms with Gasteiger partial charge in [-0.25, -0.2) is 4.98 Å². The Labute approximate surface area is 117 Å². The summed E-state index contributed by atoms with van der Waals surface area (Å²) in [4.78, 5) is 16.2. The topological polar surface area (TPSA) is 87.8 Å². The summed E-state index contributed by atoms with van der Waals surface area (Å²) < 4.78 is 5.58. The van der Waals surface area contributed by atoms with Crippen LogP contribution in [0.1, 0.15) is 26.7 Å². The SMILES string of the molecule is CCNc1nc(NC2CCOC(C)C2)c2[nH]cnc2n1. The van der Waals surface area contributed by atoms with Gasteiger partial charge in [0, 0.05) is 19.2 Å². The summed E-state index contributed by atoms with van der Waals surface area (Å²) >= 11 is 0. The number of aromatic nitrogens is 4. The first-order valence-electron chi connectivity index (χ1n) is 7.09. The standard InChI is InChI=1S/C13H20N6O/c1-3-14-13-18-11-10(15-7-16-11)12(19-13)17-9-4-5-20-8(2)6-9/h7-9H,3-6H2,1-2H3,(H3,14,15,16,17,18,19). The Morgan fingerprint density at radius 2 is 2.35 bits per heavy atom. The van der Waals surface area contributed by atoms with Crippen molar-refractivity contribution < 1.29 is 4.74 Å². The van der Waals surface area contributed by atoms with Crippen molar-refractivity contribution in [1.29, 1.82) is 0 Å². The van der Waals surface area contributed by atoms with Gasteiger partial charge in [-0.1, -0.05) is 0 Å². The third-order valence-electron chi connectivity index (χ3n) is 3.45. The number of hydrogen-bond donors (Lipinski definition) is 3. The molecule has 0 saturated carbocycles. The van der Waals surface area contributed by atoms with Crippen molar-refractivity contribution in [1.82, 2.24) is 19.9 Å². The smallest absolute Gasteiger partial charge is 0.226 e. The summed E-state index contributed by atoms with van der Waals surface area (Å²) in [6.07, 6.45) is 3.90. The van der Waals surface area contributed by atoms with Gasteiger partial charge in [0.1, 0.15) is 5.52 Å². The Morgan fingerprint density at radius 3 is 3.15 bits per heavy atom. The van der Waals surface area contributed by atoms with Crippen LogP contribution in [0.15, 0.2) is 6.33 Å². The van der Waals surface area contributed by atoms with Gasteiger partial charge < -0.3 is 20.4 Å². The maximum atomic E-state index is 5.58. The number of ether oxygens (including phenoxy) is 1. The Kier molecular flexibility index (Phi) is 3.68. The van der Waals surface area contributed by atoms with Crippen molar-refractivity contribution in [3.63, 3.8) is 0 Å². The molecule has 3 rings (SSSR count). The van der Waals surface area contributed by atoms with Crippen molar-refractivity contribution in [2.24, 2.45) is 0 Å². The Morgan fingerprint density at radius 1 is 1.45 bits per heavy atom. The van der Waals surface area contributed by atoms with Gasteiger partial charge in [0.05, 0.1) is 12.4 Å². The normalized spacial score (nSPS) is 22.9. The van der Waals surface area contributed by atoms with E-state index < -0.39 is 0 Å². The van der Waals surface area contributed by atoms with Crippen LogP contribution in [0.4, 0.5) is 11.8 Å². The molecule has 2 atom stereocenters. The van der Waals surface area contributed by atoms with Gasteiger partial charge in [-0.15, -0.1) is 0 Å². The van der Waals surface area contributed by atoms with E-state index in [1.54, 1.807) is 6.33 Å². The first-order chi connectivity index (χ1) is 9.76. The van der Waals surface area contributed by atoms with Crippen molar-refractivity contribution in [3.8, 4) is 0 Å². The summed E-state index contributed by atoms with van der Waals surface area (Å²) in [6.45, 7) is 5.69. The minimum atomic E-state index is 0.286. The minimum absolute atomic E-state index is 0.286. The number of nitrogens with one attached hydrogen (secondary N) is 3. The van der Waals surface area contributed by atoms with Crippen LogP contribution in [0.2, 0.25) is 0 Å². The van der Waals surface area contributed by atoms with E-state index in [1.807, 2.05) is 6.92 Å². The lowest BCUT2D eigenvalue weighted by molar-refractivity contribution is 0.0232. The Hall–Kier alpha value is -1.89. The van der Waals surface area contributed by atoms with Gasteiger partial charge in [-0.05, 0) is 26.7 Å². The predicted molar refractivity (Wildman–Crippen MR) is 77.9 cm³/mol. The van der Waals surface area contributed by atoms with E-state index in [0.717, 1.165) is 37.3 Å². The van der Waals surface area contributed by atoms with Crippen molar-refractivity contribution >= 4 is 22.9 Å². The lowest BCUT2D eigenvalue weighted by atomic mass is 10.0. The highest BCUT2D eigenvalue weighted by atomic mass is 16.5. The highest BCUT2D eigenvalue weighted by Crippen LogP contribution is 2.23. The van der Waals surface area contributed by atoms with E-state index in [0.29, 0.717) is 17.6 Å². The zero-order valence-corrected chi connectivity index (χ0v) is 11.8. The second kappa shape index (κ2) is 5.62. The summed E-state index contributed by atoms with van der Waals surface area (Å²) in [7, 11) is 0. The number of hydrogen-bond acceptors (Lipinski definition) is 6. The van der Waals surface area contributed by atoms with Crippen molar-refractivity contribution in [2.75, 3.05) is 23.8 Å². The average Bonchev–Trinajstić information content (AvgIpc) is 2.87. The van der Waals surface area contributed by atoms with E-state index in [2.05, 4.69) is 37.5 Å². The fraction of sp³-hybridized carbons (Fsp3) is 0.615. The van der Waals surface area contributed by atoms with Gasteiger partial charge in [-0.3, -0.25) is 0 Å². The molecular formula is C13H20N6O. The number of imidazole rings is 1.